The molecule has 0 aliphatic carbocycles. The average Bonchev–Trinajstić information content (AvgIpc) is 3.56. The van der Waals surface area contributed by atoms with E-state index < -0.39 is 0 Å². The molecule has 0 unspecified atom stereocenters. The lowest BCUT2D eigenvalue weighted by Crippen LogP contribution is -2.01. The van der Waals surface area contributed by atoms with Gasteiger partial charge in [0.2, 0.25) is 5.71 Å². The third kappa shape index (κ3) is 4.55. The van der Waals surface area contributed by atoms with Crippen LogP contribution in [0.15, 0.2) is 162 Å². The Balaban J connectivity index is 1.20. The normalized spacial score (nSPS) is 11.7. The van der Waals surface area contributed by atoms with Gasteiger partial charge in [-0.1, -0.05) is 121 Å². The minimum absolute atomic E-state index is 0.625. The third-order valence-electron chi connectivity index (χ3n) is 9.38. The molecule has 10 rings (SSSR count). The van der Waals surface area contributed by atoms with Gasteiger partial charge in [-0.25, -0.2) is 19.9 Å². The summed E-state index contributed by atoms with van der Waals surface area (Å²) in [5.41, 5.74) is 6.48. The number of hydrogen-bond donors (Lipinski definition) is 0. The number of benzene rings is 7. The Morgan fingerprint density at radius 1 is 0.388 bits per heavy atom. The van der Waals surface area contributed by atoms with E-state index in [0.29, 0.717) is 23.2 Å². The van der Waals surface area contributed by atoms with E-state index in [-0.39, 0.29) is 0 Å². The van der Waals surface area contributed by atoms with Crippen LogP contribution in [0.25, 0.3) is 99.7 Å². The van der Waals surface area contributed by atoms with Crippen LogP contribution in [-0.2, 0) is 0 Å². The van der Waals surface area contributed by atoms with Crippen molar-refractivity contribution in [3.8, 4) is 45.3 Å². The van der Waals surface area contributed by atoms with Crippen LogP contribution in [0, 0.1) is 0 Å². The van der Waals surface area contributed by atoms with E-state index in [0.717, 1.165) is 65.7 Å². The second-order valence-corrected chi connectivity index (χ2v) is 12.3. The Morgan fingerprint density at radius 3 is 1.63 bits per heavy atom. The lowest BCUT2D eigenvalue weighted by atomic mass is 9.93. The molecule has 5 nitrogen and oxygen atoms in total. The van der Waals surface area contributed by atoms with Crippen LogP contribution in [0.5, 0.6) is 0 Å². The Kier molecular flexibility index (Phi) is 6.11. The first-order valence-corrected chi connectivity index (χ1v) is 16.3. The van der Waals surface area contributed by atoms with Crippen molar-refractivity contribution in [3.05, 3.63) is 158 Å². The molecule has 0 atom stereocenters. The zero-order valence-corrected chi connectivity index (χ0v) is 26.2. The smallest absolute Gasteiger partial charge is 0.227 e. The van der Waals surface area contributed by atoms with Gasteiger partial charge in [-0.2, -0.15) is 0 Å². The fourth-order valence-corrected chi connectivity index (χ4v) is 7.04. The van der Waals surface area contributed by atoms with Crippen molar-refractivity contribution in [2.24, 2.45) is 0 Å². The molecule has 0 saturated heterocycles. The molecule has 0 spiro atoms. The highest BCUT2D eigenvalue weighted by Crippen LogP contribution is 2.40. The number of pyridine rings is 1. The molecule has 0 fully saturated rings. The molecule has 10 aromatic rings. The van der Waals surface area contributed by atoms with E-state index in [4.69, 9.17) is 19.4 Å². The van der Waals surface area contributed by atoms with Crippen LogP contribution in [0.1, 0.15) is 0 Å². The minimum Gasteiger partial charge on any atom is -0.438 e. The number of rotatable bonds is 4. The predicted octanol–water partition coefficient (Wildman–Crippen LogP) is 11.3. The molecule has 0 saturated carbocycles. The largest absolute Gasteiger partial charge is 0.438 e. The van der Waals surface area contributed by atoms with Crippen molar-refractivity contribution in [2.45, 2.75) is 0 Å². The van der Waals surface area contributed by atoms with Gasteiger partial charge in [-0.05, 0) is 73.8 Å². The average molecular weight is 627 g/mol. The maximum atomic E-state index is 6.15. The molecule has 49 heavy (non-hydrogen) atoms. The van der Waals surface area contributed by atoms with Crippen molar-refractivity contribution in [1.29, 1.82) is 0 Å². The predicted molar refractivity (Wildman–Crippen MR) is 199 cm³/mol. The molecule has 0 aliphatic heterocycles. The number of hydrogen-bond acceptors (Lipinski definition) is 5. The summed E-state index contributed by atoms with van der Waals surface area (Å²) in [6, 6.07) is 52.5. The summed E-state index contributed by atoms with van der Waals surface area (Å²) in [7, 11) is 0. The van der Waals surface area contributed by atoms with Crippen LogP contribution in [-0.4, -0.2) is 19.9 Å². The van der Waals surface area contributed by atoms with Gasteiger partial charge in [0.05, 0.1) is 0 Å². The minimum atomic E-state index is 0.625. The molecule has 0 bridgehead atoms. The monoisotopic (exact) mass is 626 g/mol. The van der Waals surface area contributed by atoms with Gasteiger partial charge < -0.3 is 4.42 Å². The number of fused-ring (bicyclic) bond motifs is 6. The Bertz CT molecular complexity index is 2810. The SMILES string of the molecule is c1ccc2cc(-c3nc(-c4ccc5ccccc5c4)nc(-c4cccc5c(-c6cccc7oc8ncccc8c67)cccc45)n3)ccc2c1. The Labute approximate surface area is 281 Å². The molecule has 0 N–H and O–H groups in total. The quantitative estimate of drug-likeness (QED) is 0.194. The van der Waals surface area contributed by atoms with Crippen LogP contribution < -0.4 is 0 Å². The van der Waals surface area contributed by atoms with E-state index in [2.05, 4.69) is 138 Å². The first kappa shape index (κ1) is 27.4. The van der Waals surface area contributed by atoms with E-state index in [9.17, 15) is 0 Å². The molecule has 7 aromatic carbocycles. The topological polar surface area (TPSA) is 64.7 Å². The molecule has 0 aliphatic rings. The summed E-state index contributed by atoms with van der Waals surface area (Å²) in [6.45, 7) is 0. The van der Waals surface area contributed by atoms with E-state index >= 15 is 0 Å². The number of nitrogens with zero attached hydrogens (tertiary/aromatic N) is 4. The zero-order chi connectivity index (χ0) is 32.3. The number of aromatic nitrogens is 4. The van der Waals surface area contributed by atoms with Gasteiger partial charge in [-0.15, -0.1) is 0 Å². The summed E-state index contributed by atoms with van der Waals surface area (Å²) in [6.07, 6.45) is 1.77. The molecule has 3 heterocycles. The molecular weight excluding hydrogens is 601 g/mol. The summed E-state index contributed by atoms with van der Waals surface area (Å²) < 4.78 is 6.15. The van der Waals surface area contributed by atoms with Gasteiger partial charge in [0.1, 0.15) is 5.58 Å². The maximum absolute atomic E-state index is 6.15. The van der Waals surface area contributed by atoms with Crippen LogP contribution in [0.3, 0.4) is 0 Å². The second-order valence-electron chi connectivity index (χ2n) is 12.3. The Hall–Kier alpha value is -6.72. The maximum Gasteiger partial charge on any atom is 0.227 e. The molecule has 228 valence electrons. The van der Waals surface area contributed by atoms with Gasteiger partial charge in [0.15, 0.2) is 17.5 Å². The van der Waals surface area contributed by atoms with Gasteiger partial charge in [0, 0.05) is 33.7 Å². The first-order valence-electron chi connectivity index (χ1n) is 16.3. The van der Waals surface area contributed by atoms with E-state index in [1.807, 2.05) is 18.2 Å². The first-order chi connectivity index (χ1) is 24.3. The summed E-state index contributed by atoms with van der Waals surface area (Å²) in [5, 5.41) is 8.84. The standard InChI is InChI=1S/C44H26N4O/c1-3-11-29-25-31(22-20-27(29)9-1)41-46-42(32-23-21-28-10-2-4-12-30(28)26-32)48-43(47-41)37-17-6-13-33-34(14-5-15-35(33)37)36-16-7-19-39-40(36)38-18-8-24-45-44(38)49-39/h1-26H. The second kappa shape index (κ2) is 10.9. The van der Waals surface area contributed by atoms with Crippen molar-refractivity contribution in [2.75, 3.05) is 0 Å². The highest BCUT2D eigenvalue weighted by Gasteiger charge is 2.18. The van der Waals surface area contributed by atoms with Gasteiger partial charge in [0.25, 0.3) is 0 Å². The van der Waals surface area contributed by atoms with Crippen LogP contribution in [0.2, 0.25) is 0 Å². The summed E-state index contributed by atoms with van der Waals surface area (Å²) in [5.74, 6) is 1.89. The highest BCUT2D eigenvalue weighted by molar-refractivity contribution is 6.15. The Morgan fingerprint density at radius 2 is 0.939 bits per heavy atom. The van der Waals surface area contributed by atoms with Crippen molar-refractivity contribution < 1.29 is 4.42 Å². The third-order valence-corrected chi connectivity index (χ3v) is 9.38. The molecule has 0 amide bonds. The zero-order valence-electron chi connectivity index (χ0n) is 26.2. The van der Waals surface area contributed by atoms with Gasteiger partial charge in [-0.3, -0.25) is 0 Å². The summed E-state index contributed by atoms with van der Waals surface area (Å²) >= 11 is 0. The molecule has 0 radical (unpaired) electrons. The van der Waals surface area contributed by atoms with E-state index in [1.165, 1.54) is 10.8 Å². The van der Waals surface area contributed by atoms with Crippen LogP contribution >= 0.6 is 0 Å². The van der Waals surface area contributed by atoms with E-state index in [1.54, 1.807) is 6.20 Å². The fraction of sp³-hybridized carbons (Fsp3) is 0. The molecular formula is C44H26N4O. The van der Waals surface area contributed by atoms with Crippen molar-refractivity contribution >= 4 is 54.4 Å². The van der Waals surface area contributed by atoms with Gasteiger partial charge >= 0.3 is 0 Å². The number of furan rings is 1. The summed E-state index contributed by atoms with van der Waals surface area (Å²) in [4.78, 5) is 19.9. The lowest BCUT2D eigenvalue weighted by molar-refractivity contribution is 0.654. The fourth-order valence-electron chi connectivity index (χ4n) is 7.04. The van der Waals surface area contributed by atoms with Crippen molar-refractivity contribution in [3.63, 3.8) is 0 Å². The van der Waals surface area contributed by atoms with Crippen LogP contribution in [0.4, 0.5) is 0 Å². The molecule has 5 heteroatoms. The lowest BCUT2D eigenvalue weighted by Gasteiger charge is -2.13. The van der Waals surface area contributed by atoms with Crippen molar-refractivity contribution in [1.82, 2.24) is 19.9 Å². The molecule has 3 aromatic heterocycles. The highest BCUT2D eigenvalue weighted by atomic mass is 16.3.